The number of hydrogen-bond donors (Lipinski definition) is 0. The number of hydrogen-bond acceptors (Lipinski definition) is 4. The van der Waals surface area contributed by atoms with Gasteiger partial charge in [-0.3, -0.25) is 0 Å². The molecular formula is C20H40O4. The van der Waals surface area contributed by atoms with Crippen molar-refractivity contribution < 1.29 is 18.9 Å². The normalized spacial score (nSPS) is 18.2. The van der Waals surface area contributed by atoms with Crippen LogP contribution in [0.15, 0.2) is 0 Å². The van der Waals surface area contributed by atoms with Crippen molar-refractivity contribution in [3.05, 3.63) is 0 Å². The molecule has 0 radical (unpaired) electrons. The lowest BCUT2D eigenvalue weighted by Gasteiger charge is -2.27. The Kier molecular flexibility index (Phi) is 13.8. The third-order valence-corrected chi connectivity index (χ3v) is 4.54. The molecule has 1 heterocycles. The van der Waals surface area contributed by atoms with Crippen LogP contribution in [0.1, 0.15) is 78.6 Å². The third kappa shape index (κ3) is 11.4. The standard InChI is InChI=1S/C20H40O4/c1-4-7-8-9-10-11-13-18(20(22-5-2)23-6-3)14-12-15-21-16-19-17-24-19/h18-20H,4-17H2,1-3H3. The minimum Gasteiger partial charge on any atom is -0.379 e. The van der Waals surface area contributed by atoms with E-state index in [2.05, 4.69) is 6.92 Å². The van der Waals surface area contributed by atoms with Crippen molar-refractivity contribution in [2.45, 2.75) is 91.0 Å². The van der Waals surface area contributed by atoms with E-state index in [4.69, 9.17) is 18.9 Å². The first-order valence-electron chi connectivity index (χ1n) is 10.2. The van der Waals surface area contributed by atoms with Crippen molar-refractivity contribution in [1.29, 1.82) is 0 Å². The van der Waals surface area contributed by atoms with Crippen molar-refractivity contribution in [2.24, 2.45) is 5.92 Å². The van der Waals surface area contributed by atoms with Gasteiger partial charge in [-0.25, -0.2) is 0 Å². The van der Waals surface area contributed by atoms with E-state index < -0.39 is 0 Å². The van der Waals surface area contributed by atoms with E-state index in [1.54, 1.807) is 0 Å². The van der Waals surface area contributed by atoms with Gasteiger partial charge in [0.05, 0.1) is 13.2 Å². The molecule has 0 aromatic heterocycles. The molecule has 24 heavy (non-hydrogen) atoms. The predicted molar refractivity (Wildman–Crippen MR) is 98.3 cm³/mol. The molecule has 0 bridgehead atoms. The molecule has 4 heteroatoms. The fraction of sp³-hybridized carbons (Fsp3) is 1.00. The number of unbranched alkanes of at least 4 members (excludes halogenated alkanes) is 5. The quantitative estimate of drug-likeness (QED) is 0.200. The summed E-state index contributed by atoms with van der Waals surface area (Å²) in [6.45, 7) is 10.2. The first kappa shape index (κ1) is 21.9. The SMILES string of the molecule is CCCCCCCCC(CCCOCC1CO1)C(OCC)OCC. The van der Waals surface area contributed by atoms with E-state index >= 15 is 0 Å². The predicted octanol–water partition coefficient (Wildman–Crippen LogP) is 4.95. The molecule has 1 fully saturated rings. The van der Waals surface area contributed by atoms with Gasteiger partial charge in [-0.05, 0) is 33.1 Å². The highest BCUT2D eigenvalue weighted by Crippen LogP contribution is 2.24. The zero-order valence-corrected chi connectivity index (χ0v) is 16.3. The zero-order chi connectivity index (χ0) is 17.5. The smallest absolute Gasteiger partial charge is 0.160 e. The highest BCUT2D eigenvalue weighted by molar-refractivity contribution is 4.68. The van der Waals surface area contributed by atoms with Crippen LogP contribution in [0.2, 0.25) is 0 Å². The second kappa shape index (κ2) is 15.1. The Labute approximate surface area is 149 Å². The molecule has 2 atom stereocenters. The molecule has 4 nitrogen and oxygen atoms in total. The van der Waals surface area contributed by atoms with Crippen LogP contribution in [0.3, 0.4) is 0 Å². The molecule has 1 aliphatic rings. The molecule has 1 aliphatic heterocycles. The summed E-state index contributed by atoms with van der Waals surface area (Å²) in [6.07, 6.45) is 11.7. The first-order valence-corrected chi connectivity index (χ1v) is 10.2. The lowest BCUT2D eigenvalue weighted by Crippen LogP contribution is -2.28. The Hall–Kier alpha value is -0.160. The summed E-state index contributed by atoms with van der Waals surface area (Å²) in [5.41, 5.74) is 0. The first-order chi connectivity index (χ1) is 11.8. The van der Waals surface area contributed by atoms with Crippen LogP contribution in [0.5, 0.6) is 0 Å². The largest absolute Gasteiger partial charge is 0.379 e. The second-order valence-electron chi connectivity index (χ2n) is 6.77. The molecular weight excluding hydrogens is 304 g/mol. The van der Waals surface area contributed by atoms with Crippen molar-refractivity contribution in [1.82, 2.24) is 0 Å². The Morgan fingerprint density at radius 1 is 0.875 bits per heavy atom. The maximum Gasteiger partial charge on any atom is 0.160 e. The van der Waals surface area contributed by atoms with Gasteiger partial charge >= 0.3 is 0 Å². The van der Waals surface area contributed by atoms with Gasteiger partial charge in [0.1, 0.15) is 6.10 Å². The third-order valence-electron chi connectivity index (χ3n) is 4.54. The summed E-state index contributed by atoms with van der Waals surface area (Å²) in [5, 5.41) is 0. The van der Waals surface area contributed by atoms with E-state index in [9.17, 15) is 0 Å². The number of ether oxygens (including phenoxy) is 4. The molecule has 0 aliphatic carbocycles. The Bertz CT molecular complexity index is 262. The number of rotatable bonds is 18. The summed E-state index contributed by atoms with van der Waals surface area (Å²) in [4.78, 5) is 0. The summed E-state index contributed by atoms with van der Waals surface area (Å²) < 4.78 is 22.6. The minimum absolute atomic E-state index is 0.0533. The second-order valence-corrected chi connectivity index (χ2v) is 6.77. The lowest BCUT2D eigenvalue weighted by atomic mass is 9.95. The average molecular weight is 345 g/mol. The maximum atomic E-state index is 5.86. The van der Waals surface area contributed by atoms with Crippen LogP contribution in [-0.2, 0) is 18.9 Å². The van der Waals surface area contributed by atoms with Crippen molar-refractivity contribution >= 4 is 0 Å². The molecule has 0 N–H and O–H groups in total. The van der Waals surface area contributed by atoms with Crippen molar-refractivity contribution in [3.63, 3.8) is 0 Å². The van der Waals surface area contributed by atoms with E-state index in [0.717, 1.165) is 32.7 Å². The van der Waals surface area contributed by atoms with Crippen molar-refractivity contribution in [2.75, 3.05) is 33.0 Å². The molecule has 0 aromatic carbocycles. The summed E-state index contributed by atoms with van der Waals surface area (Å²) >= 11 is 0. The molecule has 0 spiro atoms. The van der Waals surface area contributed by atoms with E-state index in [0.29, 0.717) is 25.2 Å². The van der Waals surface area contributed by atoms with Gasteiger partial charge in [-0.1, -0.05) is 45.4 Å². The molecule has 144 valence electrons. The van der Waals surface area contributed by atoms with E-state index in [-0.39, 0.29) is 6.29 Å². The monoisotopic (exact) mass is 344 g/mol. The fourth-order valence-electron chi connectivity index (χ4n) is 3.08. The molecule has 0 aromatic rings. The van der Waals surface area contributed by atoms with Crippen LogP contribution in [0.25, 0.3) is 0 Å². The Morgan fingerprint density at radius 2 is 1.50 bits per heavy atom. The van der Waals surface area contributed by atoms with E-state index in [1.165, 1.54) is 44.9 Å². The van der Waals surface area contributed by atoms with Crippen LogP contribution in [-0.4, -0.2) is 45.4 Å². The highest BCUT2D eigenvalue weighted by Gasteiger charge is 2.23. The molecule has 2 unspecified atom stereocenters. The zero-order valence-electron chi connectivity index (χ0n) is 16.3. The number of epoxide rings is 1. The molecule has 0 amide bonds. The van der Waals surface area contributed by atoms with E-state index in [1.807, 2.05) is 13.8 Å². The van der Waals surface area contributed by atoms with Gasteiger partial charge in [0.15, 0.2) is 6.29 Å². The molecule has 0 saturated carbocycles. The minimum atomic E-state index is -0.0533. The average Bonchev–Trinajstić information content (AvgIpc) is 3.40. The summed E-state index contributed by atoms with van der Waals surface area (Å²) in [6, 6.07) is 0. The summed E-state index contributed by atoms with van der Waals surface area (Å²) in [5.74, 6) is 0.483. The van der Waals surface area contributed by atoms with Gasteiger partial charge in [-0.2, -0.15) is 0 Å². The van der Waals surface area contributed by atoms with Crippen molar-refractivity contribution in [3.8, 4) is 0 Å². The summed E-state index contributed by atoms with van der Waals surface area (Å²) in [7, 11) is 0. The van der Waals surface area contributed by atoms with Crippen LogP contribution in [0.4, 0.5) is 0 Å². The van der Waals surface area contributed by atoms with Gasteiger partial charge in [0.25, 0.3) is 0 Å². The van der Waals surface area contributed by atoms with Gasteiger partial charge in [-0.15, -0.1) is 0 Å². The maximum absolute atomic E-state index is 5.86. The molecule has 1 rings (SSSR count). The van der Waals surface area contributed by atoms with Crippen LogP contribution >= 0.6 is 0 Å². The highest BCUT2D eigenvalue weighted by atomic mass is 16.7. The van der Waals surface area contributed by atoms with Crippen LogP contribution in [0, 0.1) is 5.92 Å². The fourth-order valence-corrected chi connectivity index (χ4v) is 3.08. The molecule has 1 saturated heterocycles. The van der Waals surface area contributed by atoms with Gasteiger partial charge in [0.2, 0.25) is 0 Å². The van der Waals surface area contributed by atoms with Crippen LogP contribution < -0.4 is 0 Å². The lowest BCUT2D eigenvalue weighted by molar-refractivity contribution is -0.170. The Morgan fingerprint density at radius 3 is 2.12 bits per heavy atom. The van der Waals surface area contributed by atoms with Gasteiger partial charge < -0.3 is 18.9 Å². The topological polar surface area (TPSA) is 40.2 Å². The van der Waals surface area contributed by atoms with Gasteiger partial charge in [0, 0.05) is 25.7 Å². The Balaban J connectivity index is 2.23.